The van der Waals surface area contributed by atoms with Crippen LogP contribution in [0.2, 0.25) is 0 Å². The van der Waals surface area contributed by atoms with Crippen LogP contribution in [-0.4, -0.2) is 31.1 Å². The van der Waals surface area contributed by atoms with Crippen molar-refractivity contribution in [2.24, 2.45) is 5.73 Å². The zero-order valence-electron chi connectivity index (χ0n) is 20.9. The second kappa shape index (κ2) is 19.3. The molecule has 5 heteroatoms. The van der Waals surface area contributed by atoms with Crippen molar-refractivity contribution in [3.8, 4) is 0 Å². The van der Waals surface area contributed by atoms with E-state index in [0.29, 0.717) is 12.8 Å². The SMILES string of the molecule is CCCCCCC(C/C=C\CCCCCCCC(=O)OC)NC(=O)[C@@H](N)Cc1ccccc1. The van der Waals surface area contributed by atoms with Crippen LogP contribution < -0.4 is 11.1 Å². The van der Waals surface area contributed by atoms with Crippen LogP contribution in [0.1, 0.15) is 96.0 Å². The van der Waals surface area contributed by atoms with E-state index in [1.807, 2.05) is 30.3 Å². The Morgan fingerprint density at radius 3 is 2.39 bits per heavy atom. The molecule has 3 N–H and O–H groups in total. The summed E-state index contributed by atoms with van der Waals surface area (Å²) in [5.74, 6) is -0.171. The zero-order valence-corrected chi connectivity index (χ0v) is 20.9. The van der Waals surface area contributed by atoms with Crippen LogP contribution in [0.4, 0.5) is 0 Å². The highest BCUT2D eigenvalue weighted by atomic mass is 16.5. The van der Waals surface area contributed by atoms with Crippen molar-refractivity contribution in [3.05, 3.63) is 48.0 Å². The monoisotopic (exact) mass is 458 g/mol. The number of hydrogen-bond donors (Lipinski definition) is 2. The van der Waals surface area contributed by atoms with Crippen LogP contribution in [-0.2, 0) is 20.7 Å². The largest absolute Gasteiger partial charge is 0.469 e. The molecule has 186 valence electrons. The molecular formula is C28H46N2O3. The van der Waals surface area contributed by atoms with Crippen LogP contribution in [0.25, 0.3) is 0 Å². The lowest BCUT2D eigenvalue weighted by Crippen LogP contribution is -2.46. The maximum Gasteiger partial charge on any atom is 0.305 e. The topological polar surface area (TPSA) is 81.4 Å². The van der Waals surface area contributed by atoms with Crippen LogP contribution in [0.15, 0.2) is 42.5 Å². The van der Waals surface area contributed by atoms with Crippen molar-refractivity contribution < 1.29 is 14.3 Å². The van der Waals surface area contributed by atoms with E-state index in [-0.39, 0.29) is 17.9 Å². The molecule has 1 amide bonds. The quantitative estimate of drug-likeness (QED) is 0.154. The summed E-state index contributed by atoms with van der Waals surface area (Å²) in [6.45, 7) is 2.21. The fraction of sp³-hybridized carbons (Fsp3) is 0.643. The Hall–Kier alpha value is -2.14. The molecule has 0 bridgehead atoms. The van der Waals surface area contributed by atoms with Crippen LogP contribution in [0.3, 0.4) is 0 Å². The minimum Gasteiger partial charge on any atom is -0.469 e. The highest BCUT2D eigenvalue weighted by molar-refractivity contribution is 5.82. The summed E-state index contributed by atoms with van der Waals surface area (Å²) >= 11 is 0. The van der Waals surface area contributed by atoms with Crippen LogP contribution in [0, 0.1) is 0 Å². The normalized spacial score (nSPS) is 13.1. The molecule has 1 rings (SSSR count). The lowest BCUT2D eigenvalue weighted by atomic mass is 10.0. The molecule has 0 radical (unpaired) electrons. The number of benzene rings is 1. The summed E-state index contributed by atoms with van der Waals surface area (Å²) in [6.07, 6.45) is 18.7. The Morgan fingerprint density at radius 1 is 0.970 bits per heavy atom. The molecular weight excluding hydrogens is 412 g/mol. The van der Waals surface area contributed by atoms with E-state index < -0.39 is 6.04 Å². The van der Waals surface area contributed by atoms with Gasteiger partial charge in [0.25, 0.3) is 0 Å². The zero-order chi connectivity index (χ0) is 24.2. The number of ether oxygens (including phenoxy) is 1. The van der Waals surface area contributed by atoms with Crippen molar-refractivity contribution in [1.82, 2.24) is 5.32 Å². The van der Waals surface area contributed by atoms with Gasteiger partial charge in [0, 0.05) is 12.5 Å². The summed E-state index contributed by atoms with van der Waals surface area (Å²) in [5, 5.41) is 3.20. The Balaban J connectivity index is 2.33. The van der Waals surface area contributed by atoms with E-state index in [1.54, 1.807) is 0 Å². The molecule has 0 spiro atoms. The lowest BCUT2D eigenvalue weighted by Gasteiger charge is -2.20. The van der Waals surface area contributed by atoms with Gasteiger partial charge in [0.2, 0.25) is 5.91 Å². The van der Waals surface area contributed by atoms with E-state index in [2.05, 4.69) is 29.1 Å². The third-order valence-corrected chi connectivity index (χ3v) is 5.95. The summed E-state index contributed by atoms with van der Waals surface area (Å²) in [5.41, 5.74) is 7.27. The molecule has 1 aromatic carbocycles. The second-order valence-corrected chi connectivity index (χ2v) is 8.94. The van der Waals surface area contributed by atoms with Gasteiger partial charge in [-0.15, -0.1) is 0 Å². The predicted octanol–water partition coefficient (Wildman–Crippen LogP) is 5.86. The predicted molar refractivity (Wildman–Crippen MR) is 137 cm³/mol. The van der Waals surface area contributed by atoms with Gasteiger partial charge in [-0.05, 0) is 44.1 Å². The highest BCUT2D eigenvalue weighted by Crippen LogP contribution is 2.12. The molecule has 0 heterocycles. The van der Waals surface area contributed by atoms with Crippen LogP contribution >= 0.6 is 0 Å². The van der Waals surface area contributed by atoms with Gasteiger partial charge in [0.05, 0.1) is 13.2 Å². The molecule has 0 saturated carbocycles. The average molecular weight is 459 g/mol. The van der Waals surface area contributed by atoms with E-state index >= 15 is 0 Å². The first-order valence-electron chi connectivity index (χ1n) is 12.9. The fourth-order valence-electron chi connectivity index (χ4n) is 3.88. The summed E-state index contributed by atoms with van der Waals surface area (Å²) in [6, 6.07) is 9.57. The fourth-order valence-corrected chi connectivity index (χ4v) is 3.88. The molecule has 0 saturated heterocycles. The number of nitrogens with two attached hydrogens (primary N) is 1. The van der Waals surface area contributed by atoms with Gasteiger partial charge in [-0.25, -0.2) is 0 Å². The van der Waals surface area contributed by atoms with Gasteiger partial charge < -0.3 is 15.8 Å². The highest BCUT2D eigenvalue weighted by Gasteiger charge is 2.17. The number of hydrogen-bond acceptors (Lipinski definition) is 4. The number of unbranched alkanes of at least 4 members (excludes halogenated alkanes) is 8. The maximum absolute atomic E-state index is 12.7. The van der Waals surface area contributed by atoms with Crippen molar-refractivity contribution in [2.75, 3.05) is 7.11 Å². The van der Waals surface area contributed by atoms with Gasteiger partial charge in [0.15, 0.2) is 0 Å². The first-order chi connectivity index (χ1) is 16.1. The number of rotatable bonds is 19. The van der Waals surface area contributed by atoms with E-state index in [9.17, 15) is 9.59 Å². The molecule has 0 aliphatic heterocycles. The molecule has 5 nitrogen and oxygen atoms in total. The molecule has 0 aliphatic rings. The van der Waals surface area contributed by atoms with E-state index in [0.717, 1.165) is 56.9 Å². The molecule has 2 atom stereocenters. The van der Waals surface area contributed by atoms with Gasteiger partial charge in [-0.3, -0.25) is 9.59 Å². The number of nitrogens with one attached hydrogen (secondary N) is 1. The third-order valence-electron chi connectivity index (χ3n) is 5.95. The minimum absolute atomic E-state index is 0.0558. The van der Waals surface area contributed by atoms with Crippen LogP contribution in [0.5, 0.6) is 0 Å². The van der Waals surface area contributed by atoms with Crippen molar-refractivity contribution in [3.63, 3.8) is 0 Å². The van der Waals surface area contributed by atoms with Crippen molar-refractivity contribution >= 4 is 11.9 Å². The average Bonchev–Trinajstić information content (AvgIpc) is 2.82. The summed E-state index contributed by atoms with van der Waals surface area (Å²) in [7, 11) is 1.44. The Morgan fingerprint density at radius 2 is 1.67 bits per heavy atom. The van der Waals surface area contributed by atoms with Gasteiger partial charge >= 0.3 is 5.97 Å². The maximum atomic E-state index is 12.7. The molecule has 0 aliphatic carbocycles. The number of carbonyl (C=O) groups is 2. The Bertz CT molecular complexity index is 660. The van der Waals surface area contributed by atoms with Gasteiger partial charge in [0.1, 0.15) is 0 Å². The van der Waals surface area contributed by atoms with Crippen molar-refractivity contribution in [2.45, 2.75) is 109 Å². The standard InChI is InChI=1S/C28H46N2O3/c1-3-4-5-15-20-25(30-28(32)26(29)23-24-18-13-12-14-19-24)21-16-10-8-6-7-9-11-17-22-27(31)33-2/h10,12-14,16,18-19,25-26H,3-9,11,15,17,20-23,29H2,1-2H3,(H,30,32)/b16-10-/t25?,26-/m0/s1. The van der Waals surface area contributed by atoms with E-state index in [4.69, 9.17) is 5.73 Å². The Labute approximate surface area is 201 Å². The molecule has 33 heavy (non-hydrogen) atoms. The molecule has 0 fully saturated rings. The third kappa shape index (κ3) is 15.3. The smallest absolute Gasteiger partial charge is 0.305 e. The molecule has 0 aromatic heterocycles. The minimum atomic E-state index is -0.520. The summed E-state index contributed by atoms with van der Waals surface area (Å²) < 4.78 is 4.66. The molecule has 1 aromatic rings. The first-order valence-corrected chi connectivity index (χ1v) is 12.9. The number of amides is 1. The number of allylic oxidation sites excluding steroid dienone is 1. The molecule has 1 unspecified atom stereocenters. The number of carbonyl (C=O) groups excluding carboxylic acids is 2. The summed E-state index contributed by atoms with van der Waals surface area (Å²) in [4.78, 5) is 23.8. The number of methoxy groups -OCH3 is 1. The van der Waals surface area contributed by atoms with Gasteiger partial charge in [-0.1, -0.05) is 94.4 Å². The van der Waals surface area contributed by atoms with E-state index in [1.165, 1.54) is 32.8 Å². The van der Waals surface area contributed by atoms with Crippen molar-refractivity contribution in [1.29, 1.82) is 0 Å². The second-order valence-electron chi connectivity index (χ2n) is 8.94. The Kier molecular flexibility index (Phi) is 16.9. The number of esters is 1. The lowest BCUT2D eigenvalue weighted by molar-refractivity contribution is -0.140. The van der Waals surface area contributed by atoms with Gasteiger partial charge in [-0.2, -0.15) is 0 Å². The first kappa shape index (κ1) is 28.9.